The summed E-state index contributed by atoms with van der Waals surface area (Å²) in [6.45, 7) is 3.91. The summed E-state index contributed by atoms with van der Waals surface area (Å²) in [6.07, 6.45) is 2.55. The minimum atomic E-state index is -0.178. The van der Waals surface area contributed by atoms with Crippen molar-refractivity contribution in [1.29, 1.82) is 0 Å². The molecule has 1 aromatic carbocycles. The fraction of sp³-hybridized carbons (Fsp3) is 0.429. The maximum absolute atomic E-state index is 11.8. The smallest absolute Gasteiger partial charge is 0.321 e. The van der Waals surface area contributed by atoms with Crippen LogP contribution in [0.25, 0.3) is 10.2 Å². The van der Waals surface area contributed by atoms with Crippen molar-refractivity contribution in [2.45, 2.75) is 12.8 Å². The molecule has 0 atom stereocenters. The van der Waals surface area contributed by atoms with Crippen LogP contribution >= 0.6 is 11.3 Å². The van der Waals surface area contributed by atoms with Gasteiger partial charge in [-0.05, 0) is 38.1 Å². The molecule has 6 heteroatoms. The minimum absolute atomic E-state index is 0.178. The number of para-hydroxylation sites is 1. The van der Waals surface area contributed by atoms with E-state index in [1.165, 1.54) is 24.2 Å². The number of benzene rings is 1. The second-order valence-corrected chi connectivity index (χ2v) is 5.95. The van der Waals surface area contributed by atoms with Gasteiger partial charge < -0.3 is 10.2 Å². The van der Waals surface area contributed by atoms with E-state index in [4.69, 9.17) is 0 Å². The van der Waals surface area contributed by atoms with Crippen molar-refractivity contribution >= 4 is 32.7 Å². The van der Waals surface area contributed by atoms with E-state index >= 15 is 0 Å². The summed E-state index contributed by atoms with van der Waals surface area (Å²) in [5.74, 6) is 0. The van der Waals surface area contributed by atoms with Crippen LogP contribution in [0.4, 0.5) is 9.93 Å². The standard InChI is InChI=1S/C14H18N4OS/c19-13(15-7-10-18-8-3-4-9-18)17-14-16-11-5-1-2-6-12(11)20-14/h1-2,5-6H,3-4,7-10H2,(H2,15,16,17,19). The first-order valence-corrected chi connectivity index (χ1v) is 7.76. The molecule has 2 N–H and O–H groups in total. The number of thiazole rings is 1. The molecular formula is C14H18N4OS. The number of carbonyl (C=O) groups is 1. The van der Waals surface area contributed by atoms with Gasteiger partial charge in [-0.2, -0.15) is 0 Å². The highest BCUT2D eigenvalue weighted by atomic mass is 32.1. The summed E-state index contributed by atoms with van der Waals surface area (Å²) < 4.78 is 1.08. The summed E-state index contributed by atoms with van der Waals surface area (Å²) >= 11 is 1.49. The SMILES string of the molecule is O=C(NCCN1CCCC1)Nc1nc2ccccc2s1. The van der Waals surface area contributed by atoms with Crippen molar-refractivity contribution in [3.05, 3.63) is 24.3 Å². The van der Waals surface area contributed by atoms with Gasteiger partial charge in [-0.1, -0.05) is 23.5 Å². The zero-order valence-electron chi connectivity index (χ0n) is 11.3. The van der Waals surface area contributed by atoms with Gasteiger partial charge in [0.05, 0.1) is 10.2 Å². The highest BCUT2D eigenvalue weighted by Crippen LogP contribution is 2.25. The molecule has 1 aromatic heterocycles. The van der Waals surface area contributed by atoms with Gasteiger partial charge in [0.2, 0.25) is 0 Å². The largest absolute Gasteiger partial charge is 0.337 e. The Morgan fingerprint density at radius 3 is 2.90 bits per heavy atom. The third-order valence-electron chi connectivity index (χ3n) is 3.43. The van der Waals surface area contributed by atoms with Gasteiger partial charge in [-0.25, -0.2) is 9.78 Å². The summed E-state index contributed by atoms with van der Waals surface area (Å²) in [5, 5.41) is 6.32. The van der Waals surface area contributed by atoms with E-state index in [9.17, 15) is 4.79 Å². The maximum atomic E-state index is 11.8. The monoisotopic (exact) mass is 290 g/mol. The van der Waals surface area contributed by atoms with Crippen LogP contribution in [0.15, 0.2) is 24.3 Å². The number of aromatic nitrogens is 1. The zero-order chi connectivity index (χ0) is 13.8. The number of likely N-dealkylation sites (tertiary alicyclic amines) is 1. The fourth-order valence-corrected chi connectivity index (χ4v) is 3.26. The lowest BCUT2D eigenvalue weighted by Gasteiger charge is -2.14. The number of carbonyl (C=O) groups excluding carboxylic acids is 1. The van der Waals surface area contributed by atoms with Gasteiger partial charge >= 0.3 is 6.03 Å². The van der Waals surface area contributed by atoms with Crippen molar-refractivity contribution in [2.75, 3.05) is 31.5 Å². The minimum Gasteiger partial charge on any atom is -0.337 e. The zero-order valence-corrected chi connectivity index (χ0v) is 12.1. The molecule has 0 saturated carbocycles. The van der Waals surface area contributed by atoms with Crippen LogP contribution in [0.5, 0.6) is 0 Å². The van der Waals surface area contributed by atoms with E-state index in [2.05, 4.69) is 20.5 Å². The van der Waals surface area contributed by atoms with Gasteiger partial charge in [0, 0.05) is 13.1 Å². The number of urea groups is 1. The lowest BCUT2D eigenvalue weighted by atomic mass is 10.3. The van der Waals surface area contributed by atoms with E-state index in [-0.39, 0.29) is 6.03 Å². The van der Waals surface area contributed by atoms with Crippen molar-refractivity contribution in [3.8, 4) is 0 Å². The third-order valence-corrected chi connectivity index (χ3v) is 4.38. The van der Waals surface area contributed by atoms with Gasteiger partial charge in [0.1, 0.15) is 0 Å². The molecule has 20 heavy (non-hydrogen) atoms. The molecular weight excluding hydrogens is 272 g/mol. The number of anilines is 1. The first-order valence-electron chi connectivity index (χ1n) is 6.94. The Hall–Kier alpha value is -1.66. The van der Waals surface area contributed by atoms with E-state index in [0.717, 1.165) is 29.9 Å². The number of hydrogen-bond donors (Lipinski definition) is 2. The summed E-state index contributed by atoms with van der Waals surface area (Å²) in [5.41, 5.74) is 0.921. The third kappa shape index (κ3) is 3.26. The van der Waals surface area contributed by atoms with E-state index < -0.39 is 0 Å². The molecule has 1 saturated heterocycles. The van der Waals surface area contributed by atoms with Crippen LogP contribution in [-0.2, 0) is 0 Å². The van der Waals surface area contributed by atoms with Crippen LogP contribution in [0.1, 0.15) is 12.8 Å². The number of nitrogens with one attached hydrogen (secondary N) is 2. The van der Waals surface area contributed by atoms with Crippen molar-refractivity contribution in [2.24, 2.45) is 0 Å². The number of nitrogens with zero attached hydrogens (tertiary/aromatic N) is 2. The van der Waals surface area contributed by atoms with Crippen LogP contribution in [0.3, 0.4) is 0 Å². The Bertz CT molecular complexity index is 559. The van der Waals surface area contributed by atoms with Gasteiger partial charge in [-0.15, -0.1) is 0 Å². The Balaban J connectivity index is 1.48. The van der Waals surface area contributed by atoms with E-state index in [0.29, 0.717) is 11.7 Å². The van der Waals surface area contributed by atoms with Gasteiger partial charge in [0.25, 0.3) is 0 Å². The van der Waals surface area contributed by atoms with Crippen molar-refractivity contribution in [1.82, 2.24) is 15.2 Å². The van der Waals surface area contributed by atoms with Gasteiger partial charge in [0.15, 0.2) is 5.13 Å². The molecule has 0 aliphatic carbocycles. The number of fused-ring (bicyclic) bond motifs is 1. The average molecular weight is 290 g/mol. The molecule has 2 amide bonds. The van der Waals surface area contributed by atoms with Crippen LogP contribution in [-0.4, -0.2) is 42.1 Å². The van der Waals surface area contributed by atoms with Crippen LogP contribution in [0.2, 0.25) is 0 Å². The Kier molecular flexibility index (Phi) is 4.13. The second-order valence-electron chi connectivity index (χ2n) is 4.92. The first kappa shape index (κ1) is 13.3. The number of amides is 2. The highest BCUT2D eigenvalue weighted by Gasteiger charge is 2.11. The quantitative estimate of drug-likeness (QED) is 0.909. The molecule has 1 fully saturated rings. The molecule has 106 valence electrons. The van der Waals surface area contributed by atoms with Crippen LogP contribution < -0.4 is 10.6 Å². The molecule has 5 nitrogen and oxygen atoms in total. The summed E-state index contributed by atoms with van der Waals surface area (Å²) in [7, 11) is 0. The fourth-order valence-electron chi connectivity index (χ4n) is 2.40. The topological polar surface area (TPSA) is 57.3 Å². The molecule has 2 aromatic rings. The van der Waals surface area contributed by atoms with Crippen LogP contribution in [0, 0.1) is 0 Å². The predicted molar refractivity (Wildman–Crippen MR) is 82.3 cm³/mol. The molecule has 2 heterocycles. The Morgan fingerprint density at radius 1 is 1.30 bits per heavy atom. The van der Waals surface area contributed by atoms with E-state index in [1.54, 1.807) is 0 Å². The predicted octanol–water partition coefficient (Wildman–Crippen LogP) is 2.51. The summed E-state index contributed by atoms with van der Waals surface area (Å²) in [6, 6.07) is 7.69. The lowest BCUT2D eigenvalue weighted by Crippen LogP contribution is -2.35. The molecule has 0 bridgehead atoms. The number of hydrogen-bond acceptors (Lipinski definition) is 4. The van der Waals surface area contributed by atoms with E-state index in [1.807, 2.05) is 24.3 Å². The molecule has 1 aliphatic heterocycles. The lowest BCUT2D eigenvalue weighted by molar-refractivity contribution is 0.249. The Labute approximate surface area is 122 Å². The van der Waals surface area contributed by atoms with Gasteiger partial charge in [-0.3, -0.25) is 5.32 Å². The normalized spacial score (nSPS) is 15.6. The molecule has 0 unspecified atom stereocenters. The maximum Gasteiger partial charge on any atom is 0.321 e. The number of rotatable bonds is 4. The Morgan fingerprint density at radius 2 is 2.10 bits per heavy atom. The molecule has 3 rings (SSSR count). The summed E-state index contributed by atoms with van der Waals surface area (Å²) in [4.78, 5) is 18.5. The molecule has 0 radical (unpaired) electrons. The average Bonchev–Trinajstić information content (AvgIpc) is 3.06. The highest BCUT2D eigenvalue weighted by molar-refractivity contribution is 7.22. The first-order chi connectivity index (χ1) is 9.81. The van der Waals surface area contributed by atoms with Crippen molar-refractivity contribution < 1.29 is 4.79 Å². The van der Waals surface area contributed by atoms with Crippen molar-refractivity contribution in [3.63, 3.8) is 0 Å². The molecule has 1 aliphatic rings. The molecule has 0 spiro atoms. The second kappa shape index (κ2) is 6.19.